The van der Waals surface area contributed by atoms with Gasteiger partial charge in [0.2, 0.25) is 6.79 Å². The fraction of sp³-hybridized carbons (Fsp3) is 0.250. The molecule has 0 bridgehead atoms. The third-order valence-electron chi connectivity index (χ3n) is 4.86. The Labute approximate surface area is 160 Å². The molecule has 0 saturated heterocycles. The molecule has 0 radical (unpaired) electrons. The number of rotatable bonds is 2. The first kappa shape index (κ1) is 15.8. The minimum Gasteiger partial charge on any atom is -0.454 e. The van der Waals surface area contributed by atoms with Crippen molar-refractivity contribution in [2.24, 2.45) is 0 Å². The fourth-order valence-corrected chi connectivity index (χ4v) is 4.03. The Kier molecular flexibility index (Phi) is 3.85. The molecule has 2 aliphatic rings. The third-order valence-corrected chi connectivity index (χ3v) is 5.53. The average Bonchev–Trinajstić information content (AvgIpc) is 3.19. The first-order chi connectivity index (χ1) is 12.8. The molecule has 2 aliphatic heterocycles. The summed E-state index contributed by atoms with van der Waals surface area (Å²) in [5.41, 5.74) is 4.35. The number of nitrogens with one attached hydrogen (secondary N) is 1. The predicted octanol–water partition coefficient (Wildman–Crippen LogP) is 4.78. The Morgan fingerprint density at radius 2 is 1.92 bits per heavy atom. The van der Waals surface area contributed by atoms with Crippen LogP contribution in [0.4, 0.5) is 5.82 Å². The molecule has 0 amide bonds. The highest BCUT2D eigenvalue weighted by Gasteiger charge is 2.24. The van der Waals surface area contributed by atoms with Gasteiger partial charge in [-0.1, -0.05) is 12.1 Å². The summed E-state index contributed by atoms with van der Waals surface area (Å²) in [5, 5.41) is 8.57. The number of anilines is 1. The van der Waals surface area contributed by atoms with E-state index in [1.54, 1.807) is 0 Å². The molecule has 0 spiro atoms. The molecule has 26 heavy (non-hydrogen) atoms. The topological polar surface area (TPSA) is 48.3 Å². The largest absolute Gasteiger partial charge is 0.454 e. The molecule has 3 heterocycles. The van der Waals surface area contributed by atoms with Crippen LogP contribution in [-0.2, 0) is 6.42 Å². The maximum absolute atomic E-state index is 5.56. The third kappa shape index (κ3) is 2.56. The van der Waals surface area contributed by atoms with Gasteiger partial charge in [0, 0.05) is 22.1 Å². The van der Waals surface area contributed by atoms with Gasteiger partial charge in [0.25, 0.3) is 0 Å². The zero-order chi connectivity index (χ0) is 17.5. The van der Waals surface area contributed by atoms with Crippen LogP contribution in [0, 0.1) is 0 Å². The van der Waals surface area contributed by atoms with Gasteiger partial charge in [-0.2, -0.15) is 5.10 Å². The SMILES string of the molecule is Brc1ccccc1-n1nc(-c2ccc3c(c2)OCO3)c2c1NCCCC2. The minimum atomic E-state index is 0.282. The van der Waals surface area contributed by atoms with Crippen LogP contribution in [0.2, 0.25) is 0 Å². The van der Waals surface area contributed by atoms with Crippen molar-refractivity contribution >= 4 is 21.7 Å². The second-order valence-corrected chi connectivity index (χ2v) is 7.35. The second-order valence-electron chi connectivity index (χ2n) is 6.49. The molecule has 1 aromatic heterocycles. The van der Waals surface area contributed by atoms with Gasteiger partial charge in [0.15, 0.2) is 11.5 Å². The average molecular weight is 412 g/mol. The van der Waals surface area contributed by atoms with E-state index in [4.69, 9.17) is 14.6 Å². The number of para-hydroxylation sites is 1. The van der Waals surface area contributed by atoms with Gasteiger partial charge in [0.1, 0.15) is 5.82 Å². The molecule has 5 nitrogen and oxygen atoms in total. The van der Waals surface area contributed by atoms with Crippen molar-refractivity contribution in [2.45, 2.75) is 19.3 Å². The van der Waals surface area contributed by atoms with Crippen LogP contribution in [0.1, 0.15) is 18.4 Å². The number of nitrogens with zero attached hydrogens (tertiary/aromatic N) is 2. The molecule has 2 aromatic carbocycles. The lowest BCUT2D eigenvalue weighted by Gasteiger charge is -2.10. The lowest BCUT2D eigenvalue weighted by atomic mass is 10.0. The van der Waals surface area contributed by atoms with Crippen LogP contribution in [0.25, 0.3) is 16.9 Å². The van der Waals surface area contributed by atoms with Crippen molar-refractivity contribution in [1.82, 2.24) is 9.78 Å². The van der Waals surface area contributed by atoms with E-state index in [1.165, 1.54) is 5.56 Å². The van der Waals surface area contributed by atoms with Gasteiger partial charge in [-0.3, -0.25) is 0 Å². The van der Waals surface area contributed by atoms with Gasteiger partial charge in [-0.15, -0.1) is 0 Å². The number of hydrogen-bond acceptors (Lipinski definition) is 4. The summed E-state index contributed by atoms with van der Waals surface area (Å²) >= 11 is 3.66. The molecular formula is C20H18BrN3O2. The summed E-state index contributed by atoms with van der Waals surface area (Å²) in [6.45, 7) is 1.24. The van der Waals surface area contributed by atoms with Gasteiger partial charge in [-0.05, 0) is 65.5 Å². The van der Waals surface area contributed by atoms with Crippen LogP contribution in [-0.4, -0.2) is 23.1 Å². The van der Waals surface area contributed by atoms with Crippen molar-refractivity contribution in [1.29, 1.82) is 0 Å². The molecule has 0 aliphatic carbocycles. The summed E-state index contributed by atoms with van der Waals surface area (Å²) < 4.78 is 14.0. The van der Waals surface area contributed by atoms with Crippen LogP contribution >= 0.6 is 15.9 Å². The monoisotopic (exact) mass is 411 g/mol. The van der Waals surface area contributed by atoms with E-state index in [1.807, 2.05) is 35.0 Å². The Bertz CT molecular complexity index is 983. The zero-order valence-corrected chi connectivity index (χ0v) is 15.8. The molecule has 0 fully saturated rings. The van der Waals surface area contributed by atoms with Crippen LogP contribution in [0.3, 0.4) is 0 Å². The van der Waals surface area contributed by atoms with E-state index in [2.05, 4.69) is 33.4 Å². The van der Waals surface area contributed by atoms with E-state index in [9.17, 15) is 0 Å². The number of ether oxygens (including phenoxy) is 2. The number of hydrogen-bond donors (Lipinski definition) is 1. The van der Waals surface area contributed by atoms with Gasteiger partial charge in [-0.25, -0.2) is 4.68 Å². The van der Waals surface area contributed by atoms with E-state index in [-0.39, 0.29) is 6.79 Å². The fourth-order valence-electron chi connectivity index (χ4n) is 3.58. The highest BCUT2D eigenvalue weighted by atomic mass is 79.9. The minimum absolute atomic E-state index is 0.282. The summed E-state index contributed by atoms with van der Waals surface area (Å²) in [5.74, 6) is 2.67. The summed E-state index contributed by atoms with van der Waals surface area (Å²) in [4.78, 5) is 0. The molecule has 132 valence electrons. The van der Waals surface area contributed by atoms with Crippen molar-refractivity contribution in [3.63, 3.8) is 0 Å². The lowest BCUT2D eigenvalue weighted by Crippen LogP contribution is -2.07. The van der Waals surface area contributed by atoms with Gasteiger partial charge in [0.05, 0.1) is 11.4 Å². The highest BCUT2D eigenvalue weighted by molar-refractivity contribution is 9.10. The first-order valence-corrected chi connectivity index (χ1v) is 9.61. The molecule has 0 unspecified atom stereocenters. The Morgan fingerprint density at radius 3 is 2.85 bits per heavy atom. The van der Waals surface area contributed by atoms with Crippen molar-refractivity contribution in [2.75, 3.05) is 18.7 Å². The Morgan fingerprint density at radius 1 is 1.04 bits per heavy atom. The van der Waals surface area contributed by atoms with E-state index < -0.39 is 0 Å². The maximum Gasteiger partial charge on any atom is 0.231 e. The van der Waals surface area contributed by atoms with Crippen LogP contribution in [0.5, 0.6) is 11.5 Å². The molecule has 1 N–H and O–H groups in total. The van der Waals surface area contributed by atoms with Crippen molar-refractivity contribution in [3.8, 4) is 28.4 Å². The van der Waals surface area contributed by atoms with E-state index in [0.717, 1.165) is 64.5 Å². The number of aromatic nitrogens is 2. The summed E-state index contributed by atoms with van der Waals surface area (Å²) in [7, 11) is 0. The molecule has 5 rings (SSSR count). The van der Waals surface area contributed by atoms with Gasteiger partial charge >= 0.3 is 0 Å². The van der Waals surface area contributed by atoms with Crippen molar-refractivity contribution in [3.05, 3.63) is 52.5 Å². The molecular weight excluding hydrogens is 394 g/mol. The number of fused-ring (bicyclic) bond motifs is 2. The molecule has 3 aromatic rings. The molecule has 0 saturated carbocycles. The maximum atomic E-state index is 5.56. The lowest BCUT2D eigenvalue weighted by molar-refractivity contribution is 0.174. The smallest absolute Gasteiger partial charge is 0.231 e. The molecule has 6 heteroatoms. The standard InChI is InChI=1S/C20H18BrN3O2/c21-15-6-1-2-7-16(15)24-20-14(5-3-4-10-22-20)19(23-24)13-8-9-17-18(11-13)26-12-25-17/h1-2,6-9,11,22H,3-5,10,12H2. The number of halogens is 1. The quantitative estimate of drug-likeness (QED) is 0.658. The Balaban J connectivity index is 1.70. The second kappa shape index (κ2) is 6.36. The highest BCUT2D eigenvalue weighted by Crippen LogP contribution is 2.40. The number of benzene rings is 2. The Hall–Kier alpha value is -2.47. The zero-order valence-electron chi connectivity index (χ0n) is 14.2. The van der Waals surface area contributed by atoms with E-state index >= 15 is 0 Å². The normalized spacial score (nSPS) is 15.3. The van der Waals surface area contributed by atoms with Crippen molar-refractivity contribution < 1.29 is 9.47 Å². The van der Waals surface area contributed by atoms with Crippen LogP contribution < -0.4 is 14.8 Å². The first-order valence-electron chi connectivity index (χ1n) is 8.82. The predicted molar refractivity (Wildman–Crippen MR) is 104 cm³/mol. The molecule has 0 atom stereocenters. The summed E-state index contributed by atoms with van der Waals surface area (Å²) in [6.07, 6.45) is 3.32. The van der Waals surface area contributed by atoms with E-state index in [0.29, 0.717) is 0 Å². The van der Waals surface area contributed by atoms with Gasteiger partial charge < -0.3 is 14.8 Å². The van der Waals surface area contributed by atoms with Crippen LogP contribution in [0.15, 0.2) is 46.9 Å². The summed E-state index contributed by atoms with van der Waals surface area (Å²) in [6, 6.07) is 14.2.